The van der Waals surface area contributed by atoms with Crippen molar-refractivity contribution in [3.8, 4) is 0 Å². The van der Waals surface area contributed by atoms with Crippen LogP contribution in [0.5, 0.6) is 0 Å². The first-order valence-corrected chi connectivity index (χ1v) is 7.63. The third-order valence-electron chi connectivity index (χ3n) is 4.45. The smallest absolute Gasteiger partial charge is 0.0521 e. The summed E-state index contributed by atoms with van der Waals surface area (Å²) in [7, 11) is 8.57. The Balaban J connectivity index is 1.95. The highest BCUT2D eigenvalue weighted by molar-refractivity contribution is 5.04. The Kier molecular flexibility index (Phi) is 5.57. The van der Waals surface area contributed by atoms with Crippen molar-refractivity contribution in [3.05, 3.63) is 18.0 Å². The highest BCUT2D eigenvalue weighted by atomic mass is 15.2. The Morgan fingerprint density at radius 1 is 1.35 bits per heavy atom. The van der Waals surface area contributed by atoms with Gasteiger partial charge in [-0.25, -0.2) is 0 Å². The molecule has 5 nitrogen and oxygen atoms in total. The number of nitrogens with zero attached hydrogens (tertiary/aromatic N) is 4. The molecule has 20 heavy (non-hydrogen) atoms. The second-order valence-electron chi connectivity index (χ2n) is 6.12. The Bertz CT molecular complexity index is 403. The number of aromatic nitrogens is 2. The largest absolute Gasteiger partial charge is 0.315 e. The van der Waals surface area contributed by atoms with Crippen molar-refractivity contribution in [1.29, 1.82) is 0 Å². The first kappa shape index (κ1) is 15.5. The molecule has 1 saturated heterocycles. The fourth-order valence-corrected chi connectivity index (χ4v) is 3.19. The van der Waals surface area contributed by atoms with E-state index in [0.29, 0.717) is 12.1 Å². The predicted octanol–water partition coefficient (Wildman–Crippen LogP) is 0.577. The molecule has 1 aliphatic rings. The van der Waals surface area contributed by atoms with Gasteiger partial charge in [0, 0.05) is 31.9 Å². The average molecular weight is 279 g/mol. The minimum absolute atomic E-state index is 0.528. The van der Waals surface area contributed by atoms with Crippen molar-refractivity contribution in [2.45, 2.75) is 31.3 Å². The van der Waals surface area contributed by atoms with E-state index in [-0.39, 0.29) is 0 Å². The van der Waals surface area contributed by atoms with Crippen molar-refractivity contribution < 1.29 is 0 Å². The summed E-state index contributed by atoms with van der Waals surface area (Å²) in [4.78, 5) is 4.98. The van der Waals surface area contributed by atoms with Crippen molar-refractivity contribution in [2.75, 3.05) is 40.8 Å². The molecule has 0 spiro atoms. The number of hydrogen-bond donors (Lipinski definition) is 1. The zero-order chi connectivity index (χ0) is 14.5. The second-order valence-corrected chi connectivity index (χ2v) is 6.12. The van der Waals surface area contributed by atoms with Crippen LogP contribution >= 0.6 is 0 Å². The standard InChI is InChI=1S/C15H29N5/c1-16-14(7-6-13-10-17-20(4)11-13)15-12-18(2)8-5-9-19(15)3/h10-11,14-16H,5-9,12H2,1-4H3. The summed E-state index contributed by atoms with van der Waals surface area (Å²) in [6, 6.07) is 1.12. The fraction of sp³-hybridized carbons (Fsp3) is 0.800. The predicted molar refractivity (Wildman–Crippen MR) is 82.9 cm³/mol. The van der Waals surface area contributed by atoms with Gasteiger partial charge in [0.25, 0.3) is 0 Å². The van der Waals surface area contributed by atoms with Crippen molar-refractivity contribution in [1.82, 2.24) is 24.9 Å². The Labute approximate surface area is 122 Å². The van der Waals surface area contributed by atoms with Crippen LogP contribution in [0.2, 0.25) is 0 Å². The molecule has 5 heteroatoms. The van der Waals surface area contributed by atoms with E-state index in [9.17, 15) is 0 Å². The SMILES string of the molecule is CNC(CCc1cnn(C)c1)C1CN(C)CCCN1C. The zero-order valence-electron chi connectivity index (χ0n) is 13.3. The maximum Gasteiger partial charge on any atom is 0.0521 e. The molecule has 1 fully saturated rings. The third kappa shape index (κ3) is 4.04. The lowest BCUT2D eigenvalue weighted by Gasteiger charge is -2.34. The van der Waals surface area contributed by atoms with Gasteiger partial charge < -0.3 is 15.1 Å². The number of likely N-dealkylation sites (N-methyl/N-ethyl adjacent to an activating group) is 3. The first-order chi connectivity index (χ1) is 9.60. The molecule has 0 saturated carbocycles. The average Bonchev–Trinajstić information content (AvgIpc) is 2.75. The van der Waals surface area contributed by atoms with Gasteiger partial charge in [0.1, 0.15) is 0 Å². The van der Waals surface area contributed by atoms with Crippen LogP contribution in [0.4, 0.5) is 0 Å². The molecule has 2 heterocycles. The monoisotopic (exact) mass is 279 g/mol. The van der Waals surface area contributed by atoms with E-state index in [0.717, 1.165) is 19.4 Å². The van der Waals surface area contributed by atoms with Crippen molar-refractivity contribution >= 4 is 0 Å². The van der Waals surface area contributed by atoms with Crippen LogP contribution in [0.1, 0.15) is 18.4 Å². The van der Waals surface area contributed by atoms with E-state index in [1.807, 2.05) is 17.9 Å². The quantitative estimate of drug-likeness (QED) is 0.855. The minimum atomic E-state index is 0.528. The van der Waals surface area contributed by atoms with Gasteiger partial charge in [-0.15, -0.1) is 0 Å². The summed E-state index contributed by atoms with van der Waals surface area (Å²) in [6.07, 6.45) is 7.62. The zero-order valence-corrected chi connectivity index (χ0v) is 13.3. The molecule has 0 amide bonds. The lowest BCUT2D eigenvalue weighted by Crippen LogP contribution is -2.51. The molecule has 0 aliphatic carbocycles. The van der Waals surface area contributed by atoms with E-state index in [1.165, 1.54) is 25.1 Å². The van der Waals surface area contributed by atoms with Crippen LogP contribution in [0, 0.1) is 0 Å². The summed E-state index contributed by atoms with van der Waals surface area (Å²) in [5.41, 5.74) is 1.33. The number of aryl methyl sites for hydroxylation is 2. The molecular formula is C15H29N5. The maximum atomic E-state index is 4.25. The van der Waals surface area contributed by atoms with Gasteiger partial charge in [0.2, 0.25) is 0 Å². The van der Waals surface area contributed by atoms with Gasteiger partial charge in [0.15, 0.2) is 0 Å². The van der Waals surface area contributed by atoms with Crippen LogP contribution < -0.4 is 5.32 Å². The third-order valence-corrected chi connectivity index (χ3v) is 4.45. The van der Waals surface area contributed by atoms with Gasteiger partial charge in [0.05, 0.1) is 6.20 Å². The molecule has 0 aromatic carbocycles. The van der Waals surface area contributed by atoms with Gasteiger partial charge in [-0.3, -0.25) is 4.68 Å². The topological polar surface area (TPSA) is 36.3 Å². The van der Waals surface area contributed by atoms with Crippen molar-refractivity contribution in [3.63, 3.8) is 0 Å². The molecule has 1 N–H and O–H groups in total. The molecular weight excluding hydrogens is 250 g/mol. The van der Waals surface area contributed by atoms with Gasteiger partial charge in [-0.05, 0) is 59.1 Å². The molecule has 114 valence electrons. The van der Waals surface area contributed by atoms with E-state index < -0.39 is 0 Å². The molecule has 0 bridgehead atoms. The highest BCUT2D eigenvalue weighted by Gasteiger charge is 2.27. The molecule has 1 aromatic rings. The molecule has 2 unspecified atom stereocenters. The number of nitrogens with one attached hydrogen (secondary N) is 1. The first-order valence-electron chi connectivity index (χ1n) is 7.63. The van der Waals surface area contributed by atoms with E-state index in [4.69, 9.17) is 0 Å². The van der Waals surface area contributed by atoms with Crippen molar-refractivity contribution in [2.24, 2.45) is 7.05 Å². The molecule has 1 aromatic heterocycles. The highest BCUT2D eigenvalue weighted by Crippen LogP contribution is 2.14. The summed E-state index contributed by atoms with van der Waals surface area (Å²) < 4.78 is 1.88. The van der Waals surface area contributed by atoms with Crippen LogP contribution in [0.15, 0.2) is 12.4 Å². The maximum absolute atomic E-state index is 4.25. The Morgan fingerprint density at radius 2 is 2.15 bits per heavy atom. The normalized spacial score (nSPS) is 23.7. The van der Waals surface area contributed by atoms with Crippen LogP contribution in [0.25, 0.3) is 0 Å². The molecule has 0 radical (unpaired) electrons. The lowest BCUT2D eigenvalue weighted by molar-refractivity contribution is 0.177. The van der Waals surface area contributed by atoms with Crippen LogP contribution in [-0.4, -0.2) is 72.4 Å². The number of hydrogen-bond acceptors (Lipinski definition) is 4. The Morgan fingerprint density at radius 3 is 2.80 bits per heavy atom. The fourth-order valence-electron chi connectivity index (χ4n) is 3.19. The van der Waals surface area contributed by atoms with E-state index in [1.54, 1.807) is 0 Å². The number of rotatable bonds is 5. The van der Waals surface area contributed by atoms with Gasteiger partial charge in [-0.1, -0.05) is 0 Å². The van der Waals surface area contributed by atoms with Gasteiger partial charge in [-0.2, -0.15) is 5.10 Å². The second kappa shape index (κ2) is 7.20. The van der Waals surface area contributed by atoms with Crippen LogP contribution in [0.3, 0.4) is 0 Å². The summed E-state index contributed by atoms with van der Waals surface area (Å²) in [5.74, 6) is 0. The van der Waals surface area contributed by atoms with Crippen LogP contribution in [-0.2, 0) is 13.5 Å². The summed E-state index contributed by atoms with van der Waals surface area (Å²) >= 11 is 0. The van der Waals surface area contributed by atoms with Gasteiger partial charge >= 0.3 is 0 Å². The molecule has 1 aliphatic heterocycles. The summed E-state index contributed by atoms with van der Waals surface area (Å²) in [6.45, 7) is 3.55. The molecule has 2 atom stereocenters. The van der Waals surface area contributed by atoms with E-state index in [2.05, 4.69) is 47.6 Å². The minimum Gasteiger partial charge on any atom is -0.315 e. The Hall–Kier alpha value is -0.910. The lowest BCUT2D eigenvalue weighted by atomic mass is 9.99. The van der Waals surface area contributed by atoms with E-state index >= 15 is 0 Å². The molecule has 2 rings (SSSR count). The summed E-state index contributed by atoms with van der Waals surface area (Å²) in [5, 5.41) is 7.78.